The van der Waals surface area contributed by atoms with Crippen molar-refractivity contribution in [2.24, 2.45) is 0 Å². The summed E-state index contributed by atoms with van der Waals surface area (Å²) in [5, 5.41) is 2.77. The highest BCUT2D eigenvalue weighted by atomic mass is 19.1. The van der Waals surface area contributed by atoms with Crippen LogP contribution in [0.25, 0.3) is 6.08 Å². The predicted octanol–water partition coefficient (Wildman–Crippen LogP) is 3.77. The molecule has 20 heavy (non-hydrogen) atoms. The molecule has 0 aromatic heterocycles. The molecule has 4 heteroatoms. The highest BCUT2D eigenvalue weighted by Gasteiger charge is 2.28. The summed E-state index contributed by atoms with van der Waals surface area (Å²) in [4.78, 5) is 14.1. The molecule has 0 radical (unpaired) electrons. The second-order valence-corrected chi connectivity index (χ2v) is 5.37. The number of carbonyl (C=O) groups is 1. The van der Waals surface area contributed by atoms with E-state index < -0.39 is 0 Å². The highest BCUT2D eigenvalue weighted by Crippen LogP contribution is 2.22. The van der Waals surface area contributed by atoms with Crippen molar-refractivity contribution in [1.29, 1.82) is 0 Å². The summed E-state index contributed by atoms with van der Waals surface area (Å²) in [5.74, 6) is -0.281. The molecule has 2 rings (SSSR count). The molecule has 1 aromatic rings. The number of likely N-dealkylation sites (tertiary alicyclic amines) is 1. The lowest BCUT2D eigenvalue weighted by Crippen LogP contribution is -2.50. The minimum Gasteiger partial charge on any atom is -0.319 e. The number of hydrogen-bond donors (Lipinski definition) is 1. The van der Waals surface area contributed by atoms with Crippen LogP contribution in [0.1, 0.15) is 38.7 Å². The molecule has 1 aliphatic heterocycles. The number of nitrogens with zero attached hydrogens (tertiary/aromatic N) is 1. The third kappa shape index (κ3) is 3.59. The lowest BCUT2D eigenvalue weighted by atomic mass is 9.98. The second-order valence-electron chi connectivity index (χ2n) is 5.37. The first kappa shape index (κ1) is 14.6. The summed E-state index contributed by atoms with van der Waals surface area (Å²) in [5.41, 5.74) is 0.727. The van der Waals surface area contributed by atoms with Gasteiger partial charge in [0.05, 0.1) is 0 Å². The van der Waals surface area contributed by atoms with Gasteiger partial charge in [0.2, 0.25) is 0 Å². The fraction of sp³-hybridized carbons (Fsp3) is 0.438. The Labute approximate surface area is 119 Å². The summed E-state index contributed by atoms with van der Waals surface area (Å²) in [6, 6.07) is 6.70. The fourth-order valence-corrected chi connectivity index (χ4v) is 2.72. The summed E-state index contributed by atoms with van der Waals surface area (Å²) in [6.45, 7) is 4.15. The van der Waals surface area contributed by atoms with E-state index in [9.17, 15) is 9.18 Å². The fourth-order valence-electron chi connectivity index (χ4n) is 2.72. The third-order valence-corrected chi connectivity index (χ3v) is 3.76. The van der Waals surface area contributed by atoms with E-state index in [0.29, 0.717) is 0 Å². The van der Waals surface area contributed by atoms with Crippen molar-refractivity contribution in [2.45, 2.75) is 45.2 Å². The van der Waals surface area contributed by atoms with Crippen molar-refractivity contribution in [2.75, 3.05) is 0 Å². The van der Waals surface area contributed by atoms with Gasteiger partial charge in [0.1, 0.15) is 5.82 Å². The molecule has 1 aliphatic rings. The Morgan fingerprint density at radius 2 is 2.05 bits per heavy atom. The van der Waals surface area contributed by atoms with Gasteiger partial charge in [-0.15, -0.1) is 0 Å². The minimum absolute atomic E-state index is 0.0858. The maximum absolute atomic E-state index is 13.0. The van der Waals surface area contributed by atoms with Crippen molar-refractivity contribution >= 4 is 12.1 Å². The van der Waals surface area contributed by atoms with E-state index in [-0.39, 0.29) is 23.9 Å². The van der Waals surface area contributed by atoms with Crippen LogP contribution in [0.15, 0.2) is 30.5 Å². The van der Waals surface area contributed by atoms with E-state index in [1.165, 1.54) is 18.6 Å². The number of amides is 2. The number of halogens is 1. The molecular weight excluding hydrogens is 255 g/mol. The molecule has 2 amide bonds. The van der Waals surface area contributed by atoms with Crippen LogP contribution in [0.5, 0.6) is 0 Å². The monoisotopic (exact) mass is 276 g/mol. The van der Waals surface area contributed by atoms with Crippen molar-refractivity contribution in [3.8, 4) is 0 Å². The Morgan fingerprint density at radius 3 is 2.70 bits per heavy atom. The predicted molar refractivity (Wildman–Crippen MR) is 78.6 cm³/mol. The molecule has 1 aromatic carbocycles. The summed E-state index contributed by atoms with van der Waals surface area (Å²) >= 11 is 0. The molecule has 0 bridgehead atoms. The minimum atomic E-state index is -0.281. The molecule has 0 aliphatic carbocycles. The van der Waals surface area contributed by atoms with Crippen LogP contribution in [0, 0.1) is 5.82 Å². The van der Waals surface area contributed by atoms with Crippen molar-refractivity contribution in [3.05, 3.63) is 41.8 Å². The maximum Gasteiger partial charge on any atom is 0.321 e. The van der Waals surface area contributed by atoms with Crippen molar-refractivity contribution in [3.63, 3.8) is 0 Å². The van der Waals surface area contributed by atoms with Crippen molar-refractivity contribution in [1.82, 2.24) is 10.2 Å². The number of urea groups is 1. The lowest BCUT2D eigenvalue weighted by Gasteiger charge is -2.38. The van der Waals surface area contributed by atoms with E-state index in [1.807, 2.05) is 4.90 Å². The average molecular weight is 276 g/mol. The maximum atomic E-state index is 13.0. The first-order valence-electron chi connectivity index (χ1n) is 7.09. The summed E-state index contributed by atoms with van der Waals surface area (Å²) in [6.07, 6.45) is 6.54. The van der Waals surface area contributed by atoms with Gasteiger partial charge in [0, 0.05) is 18.3 Å². The molecule has 1 heterocycles. The molecule has 0 spiro atoms. The van der Waals surface area contributed by atoms with Crippen LogP contribution in [0.3, 0.4) is 0 Å². The molecule has 1 saturated heterocycles. The topological polar surface area (TPSA) is 32.3 Å². The Balaban J connectivity index is 1.94. The van der Waals surface area contributed by atoms with Gasteiger partial charge in [0.15, 0.2) is 0 Å². The zero-order valence-corrected chi connectivity index (χ0v) is 12.0. The second kappa shape index (κ2) is 6.55. The Hall–Kier alpha value is -1.84. The molecule has 108 valence electrons. The van der Waals surface area contributed by atoms with E-state index in [0.717, 1.165) is 18.4 Å². The standard InChI is InChI=1S/C16H21FN2O/c1-12-5-3-6-13(2)19(12)16(20)18-10-9-14-7-4-8-15(17)11-14/h4,7-13H,3,5-6H2,1-2H3,(H,18,20)/b10-9+. The molecular formula is C16H21FN2O. The van der Waals surface area contributed by atoms with Crippen LogP contribution >= 0.6 is 0 Å². The Kier molecular flexibility index (Phi) is 4.77. The summed E-state index contributed by atoms with van der Waals surface area (Å²) < 4.78 is 13.0. The van der Waals surface area contributed by atoms with Gasteiger partial charge in [-0.25, -0.2) is 9.18 Å². The van der Waals surface area contributed by atoms with Gasteiger partial charge in [-0.05, 0) is 56.9 Å². The molecule has 3 nitrogen and oxygen atoms in total. The van der Waals surface area contributed by atoms with E-state index >= 15 is 0 Å². The van der Waals surface area contributed by atoms with Gasteiger partial charge >= 0.3 is 6.03 Å². The van der Waals surface area contributed by atoms with E-state index in [2.05, 4.69) is 19.2 Å². The van der Waals surface area contributed by atoms with E-state index in [1.54, 1.807) is 24.4 Å². The van der Waals surface area contributed by atoms with Crippen LogP contribution in [0.2, 0.25) is 0 Å². The third-order valence-electron chi connectivity index (χ3n) is 3.76. The van der Waals surface area contributed by atoms with Crippen LogP contribution in [-0.2, 0) is 0 Å². The Bertz CT molecular complexity index is 491. The van der Waals surface area contributed by atoms with Gasteiger partial charge < -0.3 is 10.2 Å². The molecule has 2 unspecified atom stereocenters. The van der Waals surface area contributed by atoms with Crippen molar-refractivity contribution < 1.29 is 9.18 Å². The van der Waals surface area contributed by atoms with Crippen LogP contribution in [0.4, 0.5) is 9.18 Å². The first-order chi connectivity index (χ1) is 9.58. The zero-order chi connectivity index (χ0) is 14.5. The number of nitrogens with one attached hydrogen (secondary N) is 1. The number of rotatable bonds is 2. The van der Waals surface area contributed by atoms with Gasteiger partial charge in [-0.2, -0.15) is 0 Å². The molecule has 2 atom stereocenters. The highest BCUT2D eigenvalue weighted by molar-refractivity contribution is 5.77. The van der Waals surface area contributed by atoms with E-state index in [4.69, 9.17) is 0 Å². The number of piperidine rings is 1. The Morgan fingerprint density at radius 1 is 1.35 bits per heavy atom. The normalized spacial score (nSPS) is 23.1. The zero-order valence-electron chi connectivity index (χ0n) is 12.0. The number of carbonyl (C=O) groups excluding carboxylic acids is 1. The average Bonchev–Trinajstić information content (AvgIpc) is 2.38. The SMILES string of the molecule is CC1CCCC(C)N1C(=O)N/C=C/c1cccc(F)c1. The molecule has 1 N–H and O–H groups in total. The van der Waals surface area contributed by atoms with Gasteiger partial charge in [-0.1, -0.05) is 12.1 Å². The number of hydrogen-bond acceptors (Lipinski definition) is 1. The first-order valence-corrected chi connectivity index (χ1v) is 7.09. The summed E-state index contributed by atoms with van der Waals surface area (Å²) in [7, 11) is 0. The largest absolute Gasteiger partial charge is 0.321 e. The van der Waals surface area contributed by atoms with Gasteiger partial charge in [-0.3, -0.25) is 0 Å². The quantitative estimate of drug-likeness (QED) is 0.876. The lowest BCUT2D eigenvalue weighted by molar-refractivity contribution is 0.126. The molecule has 0 saturated carbocycles. The molecule has 1 fully saturated rings. The smallest absolute Gasteiger partial charge is 0.319 e. The van der Waals surface area contributed by atoms with Gasteiger partial charge in [0.25, 0.3) is 0 Å². The van der Waals surface area contributed by atoms with Crippen LogP contribution in [-0.4, -0.2) is 23.0 Å². The van der Waals surface area contributed by atoms with Crippen LogP contribution < -0.4 is 5.32 Å². The number of benzene rings is 1.